The van der Waals surface area contributed by atoms with E-state index < -0.39 is 0 Å². The predicted octanol–water partition coefficient (Wildman–Crippen LogP) is 2.09. The van der Waals surface area contributed by atoms with Gasteiger partial charge in [0, 0.05) is 18.7 Å². The SMILES string of the molecule is CNCCC1CCN(C(=O)Cc2c(OC)cccc2OC)CC1. The number of amides is 1. The smallest absolute Gasteiger partial charge is 0.227 e. The highest BCUT2D eigenvalue weighted by Gasteiger charge is 2.24. The van der Waals surface area contributed by atoms with Crippen molar-refractivity contribution in [3.05, 3.63) is 23.8 Å². The van der Waals surface area contributed by atoms with Crippen molar-refractivity contribution in [2.24, 2.45) is 5.92 Å². The molecule has 0 radical (unpaired) electrons. The molecule has 1 aromatic carbocycles. The first kappa shape index (κ1) is 17.6. The van der Waals surface area contributed by atoms with Gasteiger partial charge in [0.25, 0.3) is 0 Å². The molecule has 23 heavy (non-hydrogen) atoms. The molecule has 1 aliphatic rings. The summed E-state index contributed by atoms with van der Waals surface area (Å²) < 4.78 is 10.8. The summed E-state index contributed by atoms with van der Waals surface area (Å²) in [5, 5.41) is 3.20. The van der Waals surface area contributed by atoms with Gasteiger partial charge in [0.1, 0.15) is 11.5 Å². The standard InChI is InChI=1S/C18H28N2O3/c1-19-10-7-14-8-11-20(12-9-14)18(21)13-15-16(22-2)5-4-6-17(15)23-3/h4-6,14,19H,7-13H2,1-3H3. The molecule has 1 aliphatic heterocycles. The van der Waals surface area contributed by atoms with Crippen LogP contribution in [0.3, 0.4) is 0 Å². The number of rotatable bonds is 7. The minimum atomic E-state index is 0.153. The largest absolute Gasteiger partial charge is 0.496 e. The second kappa shape index (κ2) is 8.77. The Kier molecular flexibility index (Phi) is 6.71. The molecule has 0 unspecified atom stereocenters. The molecule has 1 aromatic rings. The number of hydrogen-bond acceptors (Lipinski definition) is 4. The molecular weight excluding hydrogens is 292 g/mol. The van der Waals surface area contributed by atoms with Crippen molar-refractivity contribution < 1.29 is 14.3 Å². The number of nitrogens with one attached hydrogen (secondary N) is 1. The Hall–Kier alpha value is -1.75. The van der Waals surface area contributed by atoms with Crippen LogP contribution < -0.4 is 14.8 Å². The Balaban J connectivity index is 1.95. The summed E-state index contributed by atoms with van der Waals surface area (Å²) in [4.78, 5) is 14.6. The van der Waals surface area contributed by atoms with Crippen molar-refractivity contribution in [3.63, 3.8) is 0 Å². The molecule has 0 spiro atoms. The van der Waals surface area contributed by atoms with Gasteiger partial charge in [-0.1, -0.05) is 6.07 Å². The number of ether oxygens (including phenoxy) is 2. The fraction of sp³-hybridized carbons (Fsp3) is 0.611. The lowest BCUT2D eigenvalue weighted by Gasteiger charge is -2.32. The second-order valence-electron chi connectivity index (χ2n) is 6.03. The molecule has 0 bridgehead atoms. The van der Waals surface area contributed by atoms with Crippen LogP contribution in [0.25, 0.3) is 0 Å². The van der Waals surface area contributed by atoms with E-state index in [1.165, 1.54) is 6.42 Å². The minimum absolute atomic E-state index is 0.153. The van der Waals surface area contributed by atoms with Crippen molar-refractivity contribution in [1.82, 2.24) is 10.2 Å². The maximum atomic E-state index is 12.6. The van der Waals surface area contributed by atoms with Crippen molar-refractivity contribution in [1.29, 1.82) is 0 Å². The van der Waals surface area contributed by atoms with Gasteiger partial charge in [0.2, 0.25) is 5.91 Å². The zero-order valence-corrected chi connectivity index (χ0v) is 14.4. The van der Waals surface area contributed by atoms with E-state index in [9.17, 15) is 4.79 Å². The van der Waals surface area contributed by atoms with E-state index in [1.807, 2.05) is 30.1 Å². The summed E-state index contributed by atoms with van der Waals surface area (Å²) in [7, 11) is 5.23. The molecule has 5 heteroatoms. The quantitative estimate of drug-likeness (QED) is 0.836. The Morgan fingerprint density at radius 1 is 1.22 bits per heavy atom. The monoisotopic (exact) mass is 320 g/mol. The van der Waals surface area contributed by atoms with Crippen LogP contribution in [0.2, 0.25) is 0 Å². The first-order valence-electron chi connectivity index (χ1n) is 8.31. The van der Waals surface area contributed by atoms with Crippen LogP contribution in [-0.4, -0.2) is 51.7 Å². The molecule has 1 amide bonds. The van der Waals surface area contributed by atoms with Crippen LogP contribution in [0.4, 0.5) is 0 Å². The summed E-state index contributed by atoms with van der Waals surface area (Å²) in [5.74, 6) is 2.30. The zero-order chi connectivity index (χ0) is 16.7. The number of carbonyl (C=O) groups is 1. The van der Waals surface area contributed by atoms with E-state index in [2.05, 4.69) is 5.32 Å². The highest BCUT2D eigenvalue weighted by Crippen LogP contribution is 2.29. The highest BCUT2D eigenvalue weighted by atomic mass is 16.5. The Labute approximate surface area is 139 Å². The van der Waals surface area contributed by atoms with Gasteiger partial charge < -0.3 is 19.7 Å². The molecular formula is C18H28N2O3. The van der Waals surface area contributed by atoms with Crippen molar-refractivity contribution >= 4 is 5.91 Å². The Bertz CT molecular complexity index is 489. The highest BCUT2D eigenvalue weighted by molar-refractivity contribution is 5.80. The summed E-state index contributed by atoms with van der Waals surface area (Å²) in [6.45, 7) is 2.76. The number of methoxy groups -OCH3 is 2. The molecule has 1 saturated heterocycles. The maximum Gasteiger partial charge on any atom is 0.227 e. The summed E-state index contributed by atoms with van der Waals surface area (Å²) >= 11 is 0. The van der Waals surface area contributed by atoms with Gasteiger partial charge in [-0.05, 0) is 50.9 Å². The van der Waals surface area contributed by atoms with Crippen molar-refractivity contribution in [2.45, 2.75) is 25.7 Å². The Morgan fingerprint density at radius 2 is 1.83 bits per heavy atom. The van der Waals surface area contributed by atoms with Gasteiger partial charge in [0.05, 0.1) is 20.6 Å². The summed E-state index contributed by atoms with van der Waals surface area (Å²) in [6.07, 6.45) is 3.71. The summed E-state index contributed by atoms with van der Waals surface area (Å²) in [6, 6.07) is 5.61. The first-order chi connectivity index (χ1) is 11.2. The van der Waals surface area contributed by atoms with Crippen LogP contribution in [0.15, 0.2) is 18.2 Å². The number of hydrogen-bond donors (Lipinski definition) is 1. The molecule has 0 aliphatic carbocycles. The molecule has 128 valence electrons. The van der Waals surface area contributed by atoms with E-state index >= 15 is 0 Å². The molecule has 1 heterocycles. The van der Waals surface area contributed by atoms with Crippen LogP contribution in [-0.2, 0) is 11.2 Å². The lowest BCUT2D eigenvalue weighted by Crippen LogP contribution is -2.39. The van der Waals surface area contributed by atoms with E-state index in [4.69, 9.17) is 9.47 Å². The van der Waals surface area contributed by atoms with Gasteiger partial charge in [0.15, 0.2) is 0 Å². The molecule has 0 atom stereocenters. The molecule has 1 N–H and O–H groups in total. The molecule has 1 fully saturated rings. The molecule has 0 saturated carbocycles. The van der Waals surface area contributed by atoms with Gasteiger partial charge in [-0.3, -0.25) is 4.79 Å². The van der Waals surface area contributed by atoms with Crippen LogP contribution in [0.5, 0.6) is 11.5 Å². The first-order valence-corrected chi connectivity index (χ1v) is 8.31. The van der Waals surface area contributed by atoms with E-state index in [0.717, 1.165) is 44.0 Å². The molecule has 0 aromatic heterocycles. The third kappa shape index (κ3) is 4.61. The Morgan fingerprint density at radius 3 is 2.35 bits per heavy atom. The topological polar surface area (TPSA) is 50.8 Å². The number of carbonyl (C=O) groups excluding carboxylic acids is 1. The van der Waals surface area contributed by atoms with Gasteiger partial charge in [-0.15, -0.1) is 0 Å². The van der Waals surface area contributed by atoms with Gasteiger partial charge in [-0.2, -0.15) is 0 Å². The third-order valence-corrected chi connectivity index (χ3v) is 4.63. The lowest BCUT2D eigenvalue weighted by molar-refractivity contribution is -0.131. The van der Waals surface area contributed by atoms with E-state index in [0.29, 0.717) is 17.9 Å². The third-order valence-electron chi connectivity index (χ3n) is 4.63. The fourth-order valence-electron chi connectivity index (χ4n) is 3.18. The number of likely N-dealkylation sites (tertiary alicyclic amines) is 1. The van der Waals surface area contributed by atoms with Gasteiger partial charge in [-0.25, -0.2) is 0 Å². The van der Waals surface area contributed by atoms with Crippen molar-refractivity contribution in [2.75, 3.05) is 40.9 Å². The van der Waals surface area contributed by atoms with Crippen LogP contribution >= 0.6 is 0 Å². The van der Waals surface area contributed by atoms with Crippen molar-refractivity contribution in [3.8, 4) is 11.5 Å². The minimum Gasteiger partial charge on any atom is -0.496 e. The maximum absolute atomic E-state index is 12.6. The average molecular weight is 320 g/mol. The van der Waals surface area contributed by atoms with Gasteiger partial charge >= 0.3 is 0 Å². The zero-order valence-electron chi connectivity index (χ0n) is 14.4. The average Bonchev–Trinajstić information content (AvgIpc) is 2.60. The van der Waals surface area contributed by atoms with E-state index in [-0.39, 0.29) is 5.91 Å². The van der Waals surface area contributed by atoms with Crippen LogP contribution in [0.1, 0.15) is 24.8 Å². The predicted molar refractivity (Wildman–Crippen MR) is 91.1 cm³/mol. The molecule has 2 rings (SSSR count). The number of piperidine rings is 1. The number of benzene rings is 1. The summed E-state index contributed by atoms with van der Waals surface area (Å²) in [5.41, 5.74) is 0.833. The van der Waals surface area contributed by atoms with E-state index in [1.54, 1.807) is 14.2 Å². The normalized spacial score (nSPS) is 15.5. The van der Waals surface area contributed by atoms with Crippen LogP contribution in [0, 0.1) is 5.92 Å². The fourth-order valence-corrected chi connectivity index (χ4v) is 3.18. The molecule has 5 nitrogen and oxygen atoms in total. The number of nitrogens with zero attached hydrogens (tertiary/aromatic N) is 1. The lowest BCUT2D eigenvalue weighted by atomic mass is 9.93. The second-order valence-corrected chi connectivity index (χ2v) is 6.03.